The highest BCUT2D eigenvalue weighted by molar-refractivity contribution is 6.11. The molecular weight excluding hydrogens is 703 g/mol. The lowest BCUT2D eigenvalue weighted by molar-refractivity contribution is 0.669. The molecule has 11 aromatic rings. The molecule has 272 valence electrons. The molecule has 0 saturated carbocycles. The van der Waals surface area contributed by atoms with Gasteiger partial charge in [0, 0.05) is 22.1 Å². The lowest BCUT2D eigenvalue weighted by Gasteiger charge is -2.26. The Morgan fingerprint density at radius 1 is 0.293 bits per heavy atom. The average molecular weight is 740 g/mol. The van der Waals surface area contributed by atoms with Crippen LogP contribution in [0.5, 0.6) is 0 Å². The van der Waals surface area contributed by atoms with Crippen molar-refractivity contribution in [3.05, 3.63) is 224 Å². The molecule has 0 aliphatic carbocycles. The van der Waals surface area contributed by atoms with Gasteiger partial charge in [0.05, 0.1) is 5.69 Å². The molecule has 0 aliphatic heterocycles. The molecule has 58 heavy (non-hydrogen) atoms. The standard InChI is InChI=1S/C56H37NO/c1-3-11-38(12-4-1)43-21-23-46-36-44(22-24-45(46)35-43)40-25-30-48(31-26-40)57(49-32-27-42(28-33-49)51-18-9-16-41-15-7-8-17-50(41)51)54-20-10-19-53-52-34-29-47(37-55(52)58-56(53)54)39-13-5-2-6-14-39/h1-37H. The Morgan fingerprint density at radius 2 is 0.793 bits per heavy atom. The van der Waals surface area contributed by atoms with Gasteiger partial charge in [-0.25, -0.2) is 0 Å². The molecule has 0 bridgehead atoms. The first kappa shape index (κ1) is 33.6. The zero-order valence-electron chi connectivity index (χ0n) is 31.7. The van der Waals surface area contributed by atoms with Gasteiger partial charge in [-0.15, -0.1) is 0 Å². The summed E-state index contributed by atoms with van der Waals surface area (Å²) in [6.07, 6.45) is 0. The molecular formula is C56H37NO. The molecule has 2 nitrogen and oxygen atoms in total. The highest BCUT2D eigenvalue weighted by atomic mass is 16.3. The molecule has 0 amide bonds. The van der Waals surface area contributed by atoms with Crippen LogP contribution in [0.2, 0.25) is 0 Å². The lowest BCUT2D eigenvalue weighted by Crippen LogP contribution is -2.10. The first-order valence-corrected chi connectivity index (χ1v) is 19.8. The Morgan fingerprint density at radius 3 is 1.47 bits per heavy atom. The van der Waals surface area contributed by atoms with Gasteiger partial charge < -0.3 is 9.32 Å². The molecule has 11 rings (SSSR count). The van der Waals surface area contributed by atoms with Crippen LogP contribution in [0.25, 0.3) is 88.0 Å². The van der Waals surface area contributed by atoms with Gasteiger partial charge in [0.25, 0.3) is 0 Å². The van der Waals surface area contributed by atoms with E-state index in [9.17, 15) is 0 Å². The Hall–Kier alpha value is -7.68. The van der Waals surface area contributed by atoms with E-state index in [0.29, 0.717) is 0 Å². The molecule has 0 aliphatic rings. The molecule has 0 atom stereocenters. The van der Waals surface area contributed by atoms with Crippen molar-refractivity contribution in [2.75, 3.05) is 4.90 Å². The minimum absolute atomic E-state index is 0.856. The number of fused-ring (bicyclic) bond motifs is 5. The number of anilines is 3. The fourth-order valence-corrected chi connectivity index (χ4v) is 8.50. The number of hydrogen-bond acceptors (Lipinski definition) is 2. The predicted octanol–water partition coefficient (Wildman–Crippen LogP) is 16.0. The SMILES string of the molecule is c1ccc(-c2ccc3cc(-c4ccc(N(c5ccc(-c6cccc7ccccc67)cc5)c5cccc6c5oc5cc(-c7ccccc7)ccc56)cc4)ccc3c2)cc1. The van der Waals surface area contributed by atoms with E-state index in [0.717, 1.165) is 44.6 Å². The number of nitrogens with zero attached hydrogens (tertiary/aromatic N) is 1. The quantitative estimate of drug-likeness (QED) is 0.162. The van der Waals surface area contributed by atoms with E-state index in [4.69, 9.17) is 4.42 Å². The lowest BCUT2D eigenvalue weighted by atomic mass is 9.97. The summed E-state index contributed by atoms with van der Waals surface area (Å²) < 4.78 is 6.84. The number of rotatable bonds is 7. The second kappa shape index (κ2) is 14.1. The van der Waals surface area contributed by atoms with Crippen LogP contribution in [0, 0.1) is 0 Å². The Bertz CT molecular complexity index is 3250. The van der Waals surface area contributed by atoms with Gasteiger partial charge in [0.2, 0.25) is 0 Å². The van der Waals surface area contributed by atoms with Crippen LogP contribution in [0.4, 0.5) is 17.1 Å². The molecule has 10 aromatic carbocycles. The van der Waals surface area contributed by atoms with Crippen molar-refractivity contribution in [1.29, 1.82) is 0 Å². The van der Waals surface area contributed by atoms with Crippen molar-refractivity contribution in [1.82, 2.24) is 0 Å². The minimum Gasteiger partial charge on any atom is -0.454 e. The van der Waals surface area contributed by atoms with Gasteiger partial charge in [0.15, 0.2) is 5.58 Å². The Kier molecular flexibility index (Phi) is 8.19. The topological polar surface area (TPSA) is 16.4 Å². The fourth-order valence-electron chi connectivity index (χ4n) is 8.50. The Balaban J connectivity index is 1.01. The first-order chi connectivity index (χ1) is 28.7. The highest BCUT2D eigenvalue weighted by Gasteiger charge is 2.20. The second-order valence-corrected chi connectivity index (χ2v) is 14.9. The van der Waals surface area contributed by atoms with Crippen molar-refractivity contribution >= 4 is 60.5 Å². The number of para-hydroxylation sites is 1. The van der Waals surface area contributed by atoms with Crippen LogP contribution in [0.3, 0.4) is 0 Å². The summed E-state index contributed by atoms with van der Waals surface area (Å²) in [7, 11) is 0. The van der Waals surface area contributed by atoms with Gasteiger partial charge in [-0.3, -0.25) is 0 Å². The van der Waals surface area contributed by atoms with E-state index >= 15 is 0 Å². The fraction of sp³-hybridized carbons (Fsp3) is 0. The normalized spacial score (nSPS) is 11.4. The molecule has 2 heteroatoms. The van der Waals surface area contributed by atoms with Crippen LogP contribution in [0.15, 0.2) is 229 Å². The van der Waals surface area contributed by atoms with E-state index < -0.39 is 0 Å². The number of benzene rings is 10. The summed E-state index contributed by atoms with van der Waals surface area (Å²) in [5, 5.41) is 7.13. The van der Waals surface area contributed by atoms with Crippen LogP contribution in [-0.2, 0) is 0 Å². The molecule has 1 aromatic heterocycles. The predicted molar refractivity (Wildman–Crippen MR) is 245 cm³/mol. The smallest absolute Gasteiger partial charge is 0.159 e. The molecule has 0 fully saturated rings. The van der Waals surface area contributed by atoms with Crippen molar-refractivity contribution in [2.45, 2.75) is 0 Å². The molecule has 1 heterocycles. The van der Waals surface area contributed by atoms with E-state index in [1.807, 2.05) is 0 Å². The molecule has 0 radical (unpaired) electrons. The van der Waals surface area contributed by atoms with Gasteiger partial charge in [-0.05, 0) is 121 Å². The van der Waals surface area contributed by atoms with Gasteiger partial charge in [-0.2, -0.15) is 0 Å². The zero-order valence-corrected chi connectivity index (χ0v) is 31.7. The highest BCUT2D eigenvalue weighted by Crippen LogP contribution is 2.44. The van der Waals surface area contributed by atoms with Crippen molar-refractivity contribution < 1.29 is 4.42 Å². The van der Waals surface area contributed by atoms with Crippen molar-refractivity contribution in [3.63, 3.8) is 0 Å². The monoisotopic (exact) mass is 739 g/mol. The van der Waals surface area contributed by atoms with Gasteiger partial charge in [0.1, 0.15) is 5.58 Å². The molecule has 0 unspecified atom stereocenters. The third-order valence-corrected chi connectivity index (χ3v) is 11.5. The maximum atomic E-state index is 6.84. The summed E-state index contributed by atoms with van der Waals surface area (Å²) >= 11 is 0. The first-order valence-electron chi connectivity index (χ1n) is 19.8. The number of furan rings is 1. The van der Waals surface area contributed by atoms with E-state index in [2.05, 4.69) is 229 Å². The van der Waals surface area contributed by atoms with Crippen LogP contribution in [-0.4, -0.2) is 0 Å². The van der Waals surface area contributed by atoms with Crippen LogP contribution in [0.1, 0.15) is 0 Å². The van der Waals surface area contributed by atoms with Crippen molar-refractivity contribution in [2.24, 2.45) is 0 Å². The van der Waals surface area contributed by atoms with Crippen LogP contribution < -0.4 is 4.90 Å². The summed E-state index contributed by atoms with van der Waals surface area (Å²) in [6, 6.07) is 80.5. The zero-order chi connectivity index (χ0) is 38.4. The maximum absolute atomic E-state index is 6.84. The van der Waals surface area contributed by atoms with Crippen molar-refractivity contribution in [3.8, 4) is 44.5 Å². The Labute approximate surface area is 337 Å². The van der Waals surface area contributed by atoms with Crippen LogP contribution >= 0.6 is 0 Å². The largest absolute Gasteiger partial charge is 0.454 e. The van der Waals surface area contributed by atoms with Gasteiger partial charge >= 0.3 is 0 Å². The number of hydrogen-bond donors (Lipinski definition) is 0. The minimum atomic E-state index is 0.856. The summed E-state index contributed by atoms with van der Waals surface area (Å²) in [5.74, 6) is 0. The second-order valence-electron chi connectivity index (χ2n) is 14.9. The summed E-state index contributed by atoms with van der Waals surface area (Å²) in [6.45, 7) is 0. The summed E-state index contributed by atoms with van der Waals surface area (Å²) in [4.78, 5) is 2.32. The molecule has 0 spiro atoms. The maximum Gasteiger partial charge on any atom is 0.159 e. The van der Waals surface area contributed by atoms with E-state index in [-0.39, 0.29) is 0 Å². The molecule has 0 N–H and O–H groups in total. The third-order valence-electron chi connectivity index (χ3n) is 11.5. The van der Waals surface area contributed by atoms with Gasteiger partial charge in [-0.1, -0.05) is 170 Å². The third kappa shape index (κ3) is 6.00. The van der Waals surface area contributed by atoms with E-state index in [1.165, 1.54) is 60.5 Å². The van der Waals surface area contributed by atoms with E-state index in [1.54, 1.807) is 0 Å². The molecule has 0 saturated heterocycles. The average Bonchev–Trinajstić information content (AvgIpc) is 3.68. The summed E-state index contributed by atoms with van der Waals surface area (Å²) in [5.41, 5.74) is 14.3.